The van der Waals surface area contributed by atoms with Crippen molar-refractivity contribution < 1.29 is 4.79 Å². The Hall–Kier alpha value is -4.24. The van der Waals surface area contributed by atoms with E-state index < -0.39 is 0 Å². The lowest BCUT2D eigenvalue weighted by Gasteiger charge is -2.10. The Morgan fingerprint density at radius 2 is 1.71 bits per heavy atom. The molecule has 0 fully saturated rings. The lowest BCUT2D eigenvalue weighted by Crippen LogP contribution is -2.13. The molecule has 0 spiro atoms. The van der Waals surface area contributed by atoms with Gasteiger partial charge in [0.2, 0.25) is 0 Å². The molecule has 134 valence electrons. The zero-order valence-corrected chi connectivity index (χ0v) is 14.8. The summed E-state index contributed by atoms with van der Waals surface area (Å²) in [6.07, 6.45) is 3.30. The maximum Gasteiger partial charge on any atom is 0.255 e. The van der Waals surface area contributed by atoms with E-state index in [1.54, 1.807) is 48.8 Å². The fourth-order valence-corrected chi connectivity index (χ4v) is 2.87. The molecule has 0 aliphatic heterocycles. The van der Waals surface area contributed by atoms with E-state index in [2.05, 4.69) is 26.7 Å². The summed E-state index contributed by atoms with van der Waals surface area (Å²) in [6, 6.07) is 21.9. The Labute approximate surface area is 161 Å². The van der Waals surface area contributed by atoms with Crippen molar-refractivity contribution >= 4 is 34.0 Å². The number of hydrogen-bond donors (Lipinski definition) is 2. The smallest absolute Gasteiger partial charge is 0.255 e. The van der Waals surface area contributed by atoms with Crippen LogP contribution in [0.25, 0.3) is 10.9 Å². The topological polar surface area (TPSA) is 90.7 Å². The standard InChI is InChI=1S/C22H15N5O/c23-14-17-5-1-2-8-18(17)27-22(28)16-10-12-24-20(13-16)26-19-9-3-6-15-7-4-11-25-21(15)19/h1-13H,(H,24,26)(H,27,28). The first-order chi connectivity index (χ1) is 13.7. The number of nitrogens with one attached hydrogen (secondary N) is 2. The molecule has 2 aromatic heterocycles. The second kappa shape index (κ2) is 7.56. The third-order valence-corrected chi connectivity index (χ3v) is 4.21. The molecule has 0 saturated carbocycles. The van der Waals surface area contributed by atoms with Crippen LogP contribution in [0.15, 0.2) is 79.1 Å². The van der Waals surface area contributed by atoms with Crippen LogP contribution in [0.2, 0.25) is 0 Å². The van der Waals surface area contributed by atoms with E-state index in [0.29, 0.717) is 22.6 Å². The number of carbonyl (C=O) groups excluding carboxylic acids is 1. The third kappa shape index (κ3) is 3.50. The zero-order valence-electron chi connectivity index (χ0n) is 14.8. The molecule has 1 amide bonds. The Kier molecular flexibility index (Phi) is 4.64. The molecule has 4 rings (SSSR count). The minimum Gasteiger partial charge on any atom is -0.338 e. The molecule has 6 nitrogen and oxygen atoms in total. The van der Waals surface area contributed by atoms with Crippen LogP contribution in [0.3, 0.4) is 0 Å². The van der Waals surface area contributed by atoms with Gasteiger partial charge in [0.15, 0.2) is 0 Å². The van der Waals surface area contributed by atoms with Crippen LogP contribution in [0.5, 0.6) is 0 Å². The number of aromatic nitrogens is 2. The average molecular weight is 365 g/mol. The predicted molar refractivity (Wildman–Crippen MR) is 108 cm³/mol. The van der Waals surface area contributed by atoms with Crippen molar-refractivity contribution in [2.45, 2.75) is 0 Å². The van der Waals surface area contributed by atoms with E-state index >= 15 is 0 Å². The van der Waals surface area contributed by atoms with Crippen molar-refractivity contribution in [2.24, 2.45) is 0 Å². The van der Waals surface area contributed by atoms with Gasteiger partial charge in [-0.25, -0.2) is 4.98 Å². The Morgan fingerprint density at radius 3 is 2.61 bits per heavy atom. The number of amides is 1. The summed E-state index contributed by atoms with van der Waals surface area (Å²) < 4.78 is 0. The highest BCUT2D eigenvalue weighted by atomic mass is 16.1. The first-order valence-corrected chi connectivity index (χ1v) is 8.62. The highest BCUT2D eigenvalue weighted by Gasteiger charge is 2.11. The maximum atomic E-state index is 12.6. The lowest BCUT2D eigenvalue weighted by molar-refractivity contribution is 0.102. The van der Waals surface area contributed by atoms with Crippen molar-refractivity contribution in [2.75, 3.05) is 10.6 Å². The Balaban J connectivity index is 1.59. The van der Waals surface area contributed by atoms with Gasteiger partial charge in [0.05, 0.1) is 22.5 Å². The summed E-state index contributed by atoms with van der Waals surface area (Å²) in [5, 5.41) is 16.2. The number of nitriles is 1. The van der Waals surface area contributed by atoms with E-state index in [0.717, 1.165) is 16.6 Å². The van der Waals surface area contributed by atoms with E-state index in [4.69, 9.17) is 5.26 Å². The number of carbonyl (C=O) groups is 1. The van der Waals surface area contributed by atoms with Gasteiger partial charge in [-0.2, -0.15) is 5.26 Å². The number of benzene rings is 2. The minimum atomic E-state index is -0.316. The molecule has 2 N–H and O–H groups in total. The highest BCUT2D eigenvalue weighted by Crippen LogP contribution is 2.24. The molecule has 0 aliphatic carbocycles. The Morgan fingerprint density at radius 1 is 0.893 bits per heavy atom. The second-order valence-corrected chi connectivity index (χ2v) is 6.05. The molecular formula is C22H15N5O. The van der Waals surface area contributed by atoms with Crippen LogP contribution < -0.4 is 10.6 Å². The van der Waals surface area contributed by atoms with Gasteiger partial charge in [-0.05, 0) is 36.4 Å². The van der Waals surface area contributed by atoms with Crippen LogP contribution in [0.4, 0.5) is 17.2 Å². The number of anilines is 3. The second-order valence-electron chi connectivity index (χ2n) is 6.05. The summed E-state index contributed by atoms with van der Waals surface area (Å²) in [7, 11) is 0. The van der Waals surface area contributed by atoms with Crippen LogP contribution in [-0.4, -0.2) is 15.9 Å². The molecule has 0 unspecified atom stereocenters. The summed E-state index contributed by atoms with van der Waals surface area (Å²) >= 11 is 0. The van der Waals surface area contributed by atoms with Gasteiger partial charge < -0.3 is 10.6 Å². The maximum absolute atomic E-state index is 12.6. The first-order valence-electron chi connectivity index (χ1n) is 8.62. The third-order valence-electron chi connectivity index (χ3n) is 4.21. The van der Waals surface area contributed by atoms with Gasteiger partial charge >= 0.3 is 0 Å². The molecule has 0 saturated heterocycles. The van der Waals surface area contributed by atoms with E-state index in [1.165, 1.54) is 0 Å². The van der Waals surface area contributed by atoms with Gasteiger partial charge in [0, 0.05) is 23.3 Å². The van der Waals surface area contributed by atoms with Gasteiger partial charge in [0.25, 0.3) is 5.91 Å². The molecule has 0 atom stereocenters. The van der Waals surface area contributed by atoms with Crippen molar-refractivity contribution in [3.05, 3.63) is 90.3 Å². The molecule has 4 aromatic rings. The molecule has 0 radical (unpaired) electrons. The van der Waals surface area contributed by atoms with Gasteiger partial charge in [0.1, 0.15) is 11.9 Å². The quantitative estimate of drug-likeness (QED) is 0.556. The zero-order chi connectivity index (χ0) is 19.3. The number of rotatable bonds is 4. The Bertz CT molecular complexity index is 1210. The number of pyridine rings is 2. The molecule has 2 heterocycles. The van der Waals surface area contributed by atoms with Gasteiger partial charge in [-0.15, -0.1) is 0 Å². The largest absolute Gasteiger partial charge is 0.338 e. The van der Waals surface area contributed by atoms with Gasteiger partial charge in [-0.3, -0.25) is 9.78 Å². The number of fused-ring (bicyclic) bond motifs is 1. The summed E-state index contributed by atoms with van der Waals surface area (Å²) in [5.74, 6) is 0.212. The number of nitrogens with zero attached hydrogens (tertiary/aromatic N) is 3. The predicted octanol–water partition coefficient (Wildman–Crippen LogP) is 4.50. The fraction of sp³-hybridized carbons (Fsp3) is 0. The van der Waals surface area contributed by atoms with Crippen molar-refractivity contribution in [3.63, 3.8) is 0 Å². The van der Waals surface area contributed by atoms with E-state index in [-0.39, 0.29) is 5.91 Å². The minimum absolute atomic E-state index is 0.316. The lowest BCUT2D eigenvalue weighted by atomic mass is 10.1. The van der Waals surface area contributed by atoms with E-state index in [1.807, 2.05) is 30.3 Å². The SMILES string of the molecule is N#Cc1ccccc1NC(=O)c1ccnc(Nc2cccc3cccnc23)c1. The summed E-state index contributed by atoms with van der Waals surface area (Å²) in [4.78, 5) is 21.3. The highest BCUT2D eigenvalue weighted by molar-refractivity contribution is 6.05. The van der Waals surface area contributed by atoms with Crippen molar-refractivity contribution in [3.8, 4) is 6.07 Å². The van der Waals surface area contributed by atoms with Crippen LogP contribution in [0.1, 0.15) is 15.9 Å². The van der Waals surface area contributed by atoms with Crippen molar-refractivity contribution in [1.29, 1.82) is 5.26 Å². The molecular weight excluding hydrogens is 350 g/mol. The molecule has 28 heavy (non-hydrogen) atoms. The summed E-state index contributed by atoms with van der Waals surface area (Å²) in [6.45, 7) is 0. The monoisotopic (exact) mass is 365 g/mol. The molecule has 6 heteroatoms. The van der Waals surface area contributed by atoms with Crippen molar-refractivity contribution in [1.82, 2.24) is 9.97 Å². The molecule has 0 bridgehead atoms. The van der Waals surface area contributed by atoms with Gasteiger partial charge in [-0.1, -0.05) is 30.3 Å². The van der Waals surface area contributed by atoms with E-state index in [9.17, 15) is 4.79 Å². The van der Waals surface area contributed by atoms with Crippen LogP contribution >= 0.6 is 0 Å². The normalized spacial score (nSPS) is 10.2. The van der Waals surface area contributed by atoms with Crippen LogP contribution in [0, 0.1) is 11.3 Å². The molecule has 0 aliphatic rings. The summed E-state index contributed by atoms with van der Waals surface area (Å²) in [5.41, 5.74) is 2.94. The fourth-order valence-electron chi connectivity index (χ4n) is 2.87. The number of para-hydroxylation sites is 2. The number of hydrogen-bond acceptors (Lipinski definition) is 5. The molecule has 2 aromatic carbocycles. The average Bonchev–Trinajstić information content (AvgIpc) is 2.74. The first kappa shape index (κ1) is 17.2. The van der Waals surface area contributed by atoms with Crippen LogP contribution in [-0.2, 0) is 0 Å².